The summed E-state index contributed by atoms with van der Waals surface area (Å²) in [6, 6.07) is 0. The molecule has 4 nitrogen and oxygen atoms in total. The maximum absolute atomic E-state index is 9.40. The number of hydrogen-bond acceptors (Lipinski definition) is 4. The molecule has 1 rings (SSSR count). The number of ether oxygens (including phenoxy) is 1. The number of hydrogen-bond donors (Lipinski definition) is 1. The normalized spacial score (nSPS) is 12.8. The second-order valence-electron chi connectivity index (χ2n) is 3.45. The van der Waals surface area contributed by atoms with Crippen molar-refractivity contribution in [1.82, 2.24) is 9.97 Å². The first-order valence-electron chi connectivity index (χ1n) is 5.23. The Morgan fingerprint density at radius 2 is 2.27 bits per heavy atom. The molecule has 0 aliphatic carbocycles. The Morgan fingerprint density at radius 3 is 2.80 bits per heavy atom. The molecule has 0 spiro atoms. The lowest BCUT2D eigenvalue weighted by molar-refractivity contribution is 0.149. The smallest absolute Gasteiger partial charge is 0.130 e. The van der Waals surface area contributed by atoms with Gasteiger partial charge in [0.05, 0.1) is 12.7 Å². The summed E-state index contributed by atoms with van der Waals surface area (Å²) in [5, 5.41) is 9.40. The summed E-state index contributed by atoms with van der Waals surface area (Å²) in [5.74, 6) is 0.769. The first-order chi connectivity index (χ1) is 7.15. The highest BCUT2D eigenvalue weighted by atomic mass is 16.5. The van der Waals surface area contributed by atoms with Crippen molar-refractivity contribution < 1.29 is 9.84 Å². The largest absolute Gasteiger partial charge is 0.389 e. The predicted molar refractivity (Wildman–Crippen MR) is 57.6 cm³/mol. The van der Waals surface area contributed by atoms with E-state index in [1.165, 1.54) is 0 Å². The minimum atomic E-state index is -0.508. The van der Waals surface area contributed by atoms with Crippen LogP contribution in [0.1, 0.15) is 37.0 Å². The van der Waals surface area contributed by atoms with Crippen LogP contribution in [0.25, 0.3) is 0 Å². The second kappa shape index (κ2) is 5.78. The molecule has 1 atom stereocenters. The third-order valence-corrected chi connectivity index (χ3v) is 2.19. The third-order valence-electron chi connectivity index (χ3n) is 2.19. The molecule has 1 aromatic rings. The van der Waals surface area contributed by atoms with Crippen molar-refractivity contribution in [2.75, 3.05) is 13.2 Å². The lowest BCUT2D eigenvalue weighted by atomic mass is 10.1. The number of aliphatic hydroxyl groups is 1. The number of rotatable bonds is 5. The summed E-state index contributed by atoms with van der Waals surface area (Å²) in [6.45, 7) is 6.91. The molecule has 0 saturated carbocycles. The Balaban J connectivity index is 2.65. The SMILES string of the molecule is CCOCCc1ncc([C@@H](C)O)c(C)n1. The molecule has 15 heavy (non-hydrogen) atoms. The fourth-order valence-corrected chi connectivity index (χ4v) is 1.36. The molecule has 0 fully saturated rings. The van der Waals surface area contributed by atoms with E-state index < -0.39 is 6.10 Å². The van der Waals surface area contributed by atoms with Crippen molar-refractivity contribution in [1.29, 1.82) is 0 Å². The molecule has 0 aliphatic rings. The van der Waals surface area contributed by atoms with Gasteiger partial charge in [0.15, 0.2) is 0 Å². The minimum absolute atomic E-state index is 0.508. The van der Waals surface area contributed by atoms with E-state index in [0.717, 1.165) is 23.5 Å². The molecule has 1 aromatic heterocycles. The van der Waals surface area contributed by atoms with E-state index in [1.54, 1.807) is 13.1 Å². The quantitative estimate of drug-likeness (QED) is 0.747. The van der Waals surface area contributed by atoms with Gasteiger partial charge in [-0.25, -0.2) is 9.97 Å². The Labute approximate surface area is 90.3 Å². The van der Waals surface area contributed by atoms with Crippen molar-refractivity contribution in [3.63, 3.8) is 0 Å². The standard InChI is InChI=1S/C11H18N2O2/c1-4-15-6-5-11-12-7-10(9(3)14)8(2)13-11/h7,9,14H,4-6H2,1-3H3/t9-/m1/s1. The number of nitrogens with zero attached hydrogens (tertiary/aromatic N) is 2. The van der Waals surface area contributed by atoms with Crippen LogP contribution in [0, 0.1) is 6.92 Å². The zero-order chi connectivity index (χ0) is 11.3. The van der Waals surface area contributed by atoms with Crippen molar-refractivity contribution in [3.05, 3.63) is 23.3 Å². The lowest BCUT2D eigenvalue weighted by Gasteiger charge is -2.08. The molecule has 1 heterocycles. The molecule has 0 aromatic carbocycles. The zero-order valence-corrected chi connectivity index (χ0v) is 9.53. The number of aromatic nitrogens is 2. The van der Waals surface area contributed by atoms with E-state index in [1.807, 2.05) is 13.8 Å². The maximum Gasteiger partial charge on any atom is 0.130 e. The van der Waals surface area contributed by atoms with Crippen LogP contribution >= 0.6 is 0 Å². The molecular formula is C11H18N2O2. The van der Waals surface area contributed by atoms with E-state index in [9.17, 15) is 5.11 Å². The van der Waals surface area contributed by atoms with Crippen LogP contribution in [0.2, 0.25) is 0 Å². The minimum Gasteiger partial charge on any atom is -0.389 e. The van der Waals surface area contributed by atoms with Crippen molar-refractivity contribution in [3.8, 4) is 0 Å². The predicted octanol–water partition coefficient (Wildman–Crippen LogP) is 1.42. The zero-order valence-electron chi connectivity index (χ0n) is 9.53. The first-order valence-corrected chi connectivity index (χ1v) is 5.23. The summed E-state index contributed by atoms with van der Waals surface area (Å²) in [7, 11) is 0. The van der Waals surface area contributed by atoms with Crippen molar-refractivity contribution in [2.45, 2.75) is 33.3 Å². The van der Waals surface area contributed by atoms with Crippen LogP contribution in [-0.4, -0.2) is 28.3 Å². The van der Waals surface area contributed by atoms with Crippen molar-refractivity contribution in [2.24, 2.45) is 0 Å². The Hall–Kier alpha value is -1.00. The van der Waals surface area contributed by atoms with Gasteiger partial charge in [0.2, 0.25) is 0 Å². The van der Waals surface area contributed by atoms with E-state index in [-0.39, 0.29) is 0 Å². The molecule has 0 amide bonds. The highest BCUT2D eigenvalue weighted by Crippen LogP contribution is 2.13. The van der Waals surface area contributed by atoms with Crippen LogP contribution in [-0.2, 0) is 11.2 Å². The van der Waals surface area contributed by atoms with Crippen LogP contribution in [0.5, 0.6) is 0 Å². The fourth-order valence-electron chi connectivity index (χ4n) is 1.36. The summed E-state index contributed by atoms with van der Waals surface area (Å²) >= 11 is 0. The Kier molecular flexibility index (Phi) is 4.65. The van der Waals surface area contributed by atoms with Gasteiger partial charge in [0, 0.05) is 30.5 Å². The van der Waals surface area contributed by atoms with E-state index in [4.69, 9.17) is 4.74 Å². The number of aliphatic hydroxyl groups excluding tert-OH is 1. The average Bonchev–Trinajstić information content (AvgIpc) is 2.17. The first kappa shape index (κ1) is 12.1. The van der Waals surface area contributed by atoms with Gasteiger partial charge < -0.3 is 9.84 Å². The van der Waals surface area contributed by atoms with Crippen LogP contribution in [0.4, 0.5) is 0 Å². The van der Waals surface area contributed by atoms with Gasteiger partial charge in [-0.2, -0.15) is 0 Å². The van der Waals surface area contributed by atoms with Crippen LogP contribution in [0.15, 0.2) is 6.20 Å². The van der Waals surface area contributed by atoms with Gasteiger partial charge in [-0.05, 0) is 20.8 Å². The molecule has 4 heteroatoms. The summed E-state index contributed by atoms with van der Waals surface area (Å²) in [5.41, 5.74) is 1.63. The summed E-state index contributed by atoms with van der Waals surface area (Å²) in [4.78, 5) is 8.50. The number of aryl methyl sites for hydroxylation is 1. The fraction of sp³-hybridized carbons (Fsp3) is 0.636. The molecule has 0 radical (unpaired) electrons. The van der Waals surface area contributed by atoms with Crippen molar-refractivity contribution >= 4 is 0 Å². The highest BCUT2D eigenvalue weighted by Gasteiger charge is 2.07. The molecule has 0 aliphatic heterocycles. The second-order valence-corrected chi connectivity index (χ2v) is 3.45. The summed E-state index contributed by atoms with van der Waals surface area (Å²) in [6.07, 6.45) is 1.90. The van der Waals surface area contributed by atoms with E-state index in [2.05, 4.69) is 9.97 Å². The van der Waals surface area contributed by atoms with Gasteiger partial charge in [-0.3, -0.25) is 0 Å². The molecule has 1 N–H and O–H groups in total. The van der Waals surface area contributed by atoms with Gasteiger partial charge in [0.25, 0.3) is 0 Å². The lowest BCUT2D eigenvalue weighted by Crippen LogP contribution is -2.06. The molecule has 0 saturated heterocycles. The Bertz CT molecular complexity index is 313. The maximum atomic E-state index is 9.40. The average molecular weight is 210 g/mol. The molecule has 0 bridgehead atoms. The van der Waals surface area contributed by atoms with Crippen LogP contribution < -0.4 is 0 Å². The van der Waals surface area contributed by atoms with Gasteiger partial charge >= 0.3 is 0 Å². The third kappa shape index (κ3) is 3.57. The van der Waals surface area contributed by atoms with Crippen LogP contribution in [0.3, 0.4) is 0 Å². The molecular weight excluding hydrogens is 192 g/mol. The van der Waals surface area contributed by atoms with Gasteiger partial charge in [-0.1, -0.05) is 0 Å². The monoisotopic (exact) mass is 210 g/mol. The van der Waals surface area contributed by atoms with E-state index in [0.29, 0.717) is 13.2 Å². The van der Waals surface area contributed by atoms with E-state index >= 15 is 0 Å². The van der Waals surface area contributed by atoms with Gasteiger partial charge in [-0.15, -0.1) is 0 Å². The van der Waals surface area contributed by atoms with Gasteiger partial charge in [0.1, 0.15) is 5.82 Å². The Morgan fingerprint density at radius 1 is 1.53 bits per heavy atom. The molecule has 84 valence electrons. The summed E-state index contributed by atoms with van der Waals surface area (Å²) < 4.78 is 5.23. The molecule has 0 unspecified atom stereocenters. The topological polar surface area (TPSA) is 55.2 Å². The highest BCUT2D eigenvalue weighted by molar-refractivity contribution is 5.18.